The lowest BCUT2D eigenvalue weighted by molar-refractivity contribution is -0.139. The average Bonchev–Trinajstić information content (AvgIpc) is 2.73. The van der Waals surface area contributed by atoms with E-state index in [-0.39, 0.29) is 12.0 Å². The van der Waals surface area contributed by atoms with Crippen molar-refractivity contribution in [1.29, 1.82) is 0 Å². The number of carbonyl (C=O) groups excluding carboxylic acids is 1. The molecule has 2 amide bonds. The fourth-order valence-corrected chi connectivity index (χ4v) is 1.84. The van der Waals surface area contributed by atoms with Crippen molar-refractivity contribution in [2.45, 2.75) is 39.3 Å². The molecule has 0 fully saturated rings. The van der Waals surface area contributed by atoms with E-state index in [9.17, 15) is 9.59 Å². The number of hydrogen-bond acceptors (Lipinski definition) is 4. The molecule has 1 rings (SSSR count). The van der Waals surface area contributed by atoms with Gasteiger partial charge in [0.15, 0.2) is 5.82 Å². The lowest BCUT2D eigenvalue weighted by Gasteiger charge is -2.19. The van der Waals surface area contributed by atoms with Gasteiger partial charge < -0.3 is 20.3 Å². The maximum absolute atomic E-state index is 11.8. The van der Waals surface area contributed by atoms with Crippen molar-refractivity contribution in [3.8, 4) is 0 Å². The Labute approximate surface area is 117 Å². The number of nitrogens with zero attached hydrogens (tertiary/aromatic N) is 3. The van der Waals surface area contributed by atoms with Crippen molar-refractivity contribution < 1.29 is 14.7 Å². The summed E-state index contributed by atoms with van der Waals surface area (Å²) < 4.78 is 1.69. The van der Waals surface area contributed by atoms with Crippen LogP contribution in [-0.2, 0) is 11.8 Å². The third-order valence-corrected chi connectivity index (χ3v) is 2.79. The van der Waals surface area contributed by atoms with E-state index in [4.69, 9.17) is 5.11 Å². The molecule has 0 spiro atoms. The van der Waals surface area contributed by atoms with Crippen LogP contribution in [0.5, 0.6) is 0 Å². The minimum atomic E-state index is -1.04. The Hall–Kier alpha value is -2.12. The maximum Gasteiger partial charge on any atom is 0.326 e. The number of urea groups is 1. The van der Waals surface area contributed by atoms with Gasteiger partial charge in [-0.05, 0) is 19.3 Å². The molecule has 8 nitrogen and oxygen atoms in total. The molecular formula is C12H21N5O3. The van der Waals surface area contributed by atoms with Gasteiger partial charge in [0.2, 0.25) is 0 Å². The van der Waals surface area contributed by atoms with Crippen LogP contribution in [0.1, 0.15) is 39.1 Å². The van der Waals surface area contributed by atoms with Gasteiger partial charge >= 0.3 is 12.0 Å². The van der Waals surface area contributed by atoms with Gasteiger partial charge in [0.1, 0.15) is 12.4 Å². The third kappa shape index (κ3) is 4.52. The molecule has 0 aliphatic heterocycles. The summed E-state index contributed by atoms with van der Waals surface area (Å²) in [6.07, 6.45) is 1.91. The predicted molar refractivity (Wildman–Crippen MR) is 72.0 cm³/mol. The van der Waals surface area contributed by atoms with Crippen molar-refractivity contribution in [2.75, 3.05) is 0 Å². The molecule has 1 aromatic heterocycles. The summed E-state index contributed by atoms with van der Waals surface area (Å²) in [6, 6.07) is -1.80. The van der Waals surface area contributed by atoms with Crippen LogP contribution < -0.4 is 10.6 Å². The van der Waals surface area contributed by atoms with Crippen LogP contribution in [0.4, 0.5) is 4.79 Å². The van der Waals surface area contributed by atoms with E-state index in [1.807, 2.05) is 13.8 Å². The van der Waals surface area contributed by atoms with Gasteiger partial charge in [-0.2, -0.15) is 0 Å². The Morgan fingerprint density at radius 1 is 1.35 bits per heavy atom. The minimum Gasteiger partial charge on any atom is -0.480 e. The predicted octanol–water partition coefficient (Wildman–Crippen LogP) is 0.675. The summed E-state index contributed by atoms with van der Waals surface area (Å²) in [5.41, 5.74) is 0. The lowest BCUT2D eigenvalue weighted by Crippen LogP contribution is -2.47. The zero-order valence-corrected chi connectivity index (χ0v) is 12.1. The molecule has 2 unspecified atom stereocenters. The van der Waals surface area contributed by atoms with E-state index in [0.717, 1.165) is 0 Å². The summed E-state index contributed by atoms with van der Waals surface area (Å²) >= 11 is 0. The second-order valence-electron chi connectivity index (χ2n) is 5.16. The van der Waals surface area contributed by atoms with Crippen molar-refractivity contribution in [1.82, 2.24) is 25.4 Å². The molecule has 0 bridgehead atoms. The van der Waals surface area contributed by atoms with Gasteiger partial charge in [0.25, 0.3) is 0 Å². The summed E-state index contributed by atoms with van der Waals surface area (Å²) in [7, 11) is 1.77. The molecule has 0 aliphatic carbocycles. The van der Waals surface area contributed by atoms with Crippen molar-refractivity contribution in [3.05, 3.63) is 12.2 Å². The van der Waals surface area contributed by atoms with Crippen molar-refractivity contribution in [2.24, 2.45) is 13.0 Å². The quantitative estimate of drug-likeness (QED) is 0.711. The molecule has 0 saturated heterocycles. The van der Waals surface area contributed by atoms with E-state index < -0.39 is 18.0 Å². The maximum atomic E-state index is 11.8. The number of amides is 2. The lowest BCUT2D eigenvalue weighted by atomic mass is 10.0. The second-order valence-corrected chi connectivity index (χ2v) is 5.16. The molecule has 8 heteroatoms. The van der Waals surface area contributed by atoms with Crippen LogP contribution in [0, 0.1) is 5.92 Å². The normalized spacial score (nSPS) is 13.8. The molecule has 2 atom stereocenters. The van der Waals surface area contributed by atoms with Crippen LogP contribution in [0.15, 0.2) is 6.33 Å². The van der Waals surface area contributed by atoms with Crippen molar-refractivity contribution in [3.63, 3.8) is 0 Å². The highest BCUT2D eigenvalue weighted by molar-refractivity contribution is 5.82. The zero-order valence-electron chi connectivity index (χ0n) is 12.1. The first-order chi connectivity index (χ1) is 9.31. The van der Waals surface area contributed by atoms with E-state index in [1.165, 1.54) is 6.33 Å². The van der Waals surface area contributed by atoms with Crippen LogP contribution in [0.2, 0.25) is 0 Å². The number of aryl methyl sites for hydroxylation is 1. The van der Waals surface area contributed by atoms with E-state index in [0.29, 0.717) is 12.2 Å². The highest BCUT2D eigenvalue weighted by atomic mass is 16.4. The van der Waals surface area contributed by atoms with Crippen LogP contribution in [0.3, 0.4) is 0 Å². The minimum absolute atomic E-state index is 0.174. The molecule has 0 aromatic carbocycles. The molecule has 3 N–H and O–H groups in total. The summed E-state index contributed by atoms with van der Waals surface area (Å²) in [4.78, 5) is 22.9. The SMILES string of the molecule is CC(C)CC(NC(=O)NC(C)c1nncn1C)C(=O)O. The first-order valence-corrected chi connectivity index (χ1v) is 6.45. The van der Waals surface area contributed by atoms with Gasteiger partial charge in [0.05, 0.1) is 6.04 Å². The molecule has 0 radical (unpaired) electrons. The van der Waals surface area contributed by atoms with Gasteiger partial charge in [-0.1, -0.05) is 13.8 Å². The number of carboxylic acid groups (broad SMARTS) is 1. The Morgan fingerprint density at radius 3 is 2.45 bits per heavy atom. The van der Waals surface area contributed by atoms with Gasteiger partial charge in [0, 0.05) is 7.05 Å². The first kappa shape index (κ1) is 15.9. The van der Waals surface area contributed by atoms with Crippen LogP contribution >= 0.6 is 0 Å². The molecular weight excluding hydrogens is 262 g/mol. The topological polar surface area (TPSA) is 109 Å². The number of carbonyl (C=O) groups is 2. The molecule has 1 aromatic rings. The smallest absolute Gasteiger partial charge is 0.326 e. The van der Waals surface area contributed by atoms with Gasteiger partial charge in [-0.15, -0.1) is 10.2 Å². The number of nitrogens with one attached hydrogen (secondary N) is 2. The summed E-state index contributed by atoms with van der Waals surface area (Å²) in [5.74, 6) is -0.274. The number of hydrogen-bond donors (Lipinski definition) is 3. The standard InChI is InChI=1S/C12H21N5O3/c1-7(2)5-9(11(18)19)15-12(20)14-8(3)10-16-13-6-17(10)4/h6-9H,5H2,1-4H3,(H,18,19)(H2,14,15,20). The molecule has 1 heterocycles. The molecule has 0 aliphatic rings. The molecule has 20 heavy (non-hydrogen) atoms. The number of aliphatic carboxylic acids is 1. The Balaban J connectivity index is 2.57. The highest BCUT2D eigenvalue weighted by Gasteiger charge is 2.22. The van der Waals surface area contributed by atoms with Crippen LogP contribution in [-0.4, -0.2) is 37.9 Å². The van der Waals surface area contributed by atoms with Crippen molar-refractivity contribution >= 4 is 12.0 Å². The number of carboxylic acids is 1. The zero-order chi connectivity index (χ0) is 15.3. The van der Waals surface area contributed by atoms with E-state index >= 15 is 0 Å². The molecule has 112 valence electrons. The fourth-order valence-electron chi connectivity index (χ4n) is 1.84. The number of rotatable bonds is 6. The second kappa shape index (κ2) is 6.88. The average molecular weight is 283 g/mol. The van der Waals surface area contributed by atoms with Gasteiger partial charge in [-0.3, -0.25) is 0 Å². The largest absolute Gasteiger partial charge is 0.480 e. The summed E-state index contributed by atoms with van der Waals surface area (Å²) in [5, 5.41) is 21.8. The first-order valence-electron chi connectivity index (χ1n) is 6.45. The highest BCUT2D eigenvalue weighted by Crippen LogP contribution is 2.08. The number of aromatic nitrogens is 3. The Kier molecular flexibility index (Phi) is 5.48. The van der Waals surface area contributed by atoms with E-state index in [1.54, 1.807) is 18.5 Å². The monoisotopic (exact) mass is 283 g/mol. The molecule has 0 saturated carbocycles. The Bertz CT molecular complexity index is 471. The Morgan fingerprint density at radius 2 is 2.00 bits per heavy atom. The summed E-state index contributed by atoms with van der Waals surface area (Å²) in [6.45, 7) is 5.55. The third-order valence-electron chi connectivity index (χ3n) is 2.79. The van der Waals surface area contributed by atoms with E-state index in [2.05, 4.69) is 20.8 Å². The van der Waals surface area contributed by atoms with Crippen LogP contribution in [0.25, 0.3) is 0 Å². The van der Waals surface area contributed by atoms with Gasteiger partial charge in [-0.25, -0.2) is 9.59 Å². The fraction of sp³-hybridized carbons (Fsp3) is 0.667.